The van der Waals surface area contributed by atoms with Gasteiger partial charge in [-0.3, -0.25) is 0 Å². The number of nitrogens with one attached hydrogen (secondary N) is 1. The summed E-state index contributed by atoms with van der Waals surface area (Å²) in [5, 5.41) is 3.67. The zero-order valence-electron chi connectivity index (χ0n) is 10.1. The molecule has 1 nitrogen and oxygen atoms in total. The van der Waals surface area contributed by atoms with Gasteiger partial charge in [0.2, 0.25) is 0 Å². The first kappa shape index (κ1) is 11.4. The lowest BCUT2D eigenvalue weighted by Crippen LogP contribution is -2.34. The average molecular weight is 209 g/mol. The lowest BCUT2D eigenvalue weighted by molar-refractivity contribution is 0.331. The lowest BCUT2D eigenvalue weighted by atomic mass is 9.91. The largest absolute Gasteiger partial charge is 0.314 e. The number of rotatable bonds is 3. The van der Waals surface area contributed by atoms with Gasteiger partial charge in [0.25, 0.3) is 0 Å². The van der Waals surface area contributed by atoms with Crippen molar-refractivity contribution in [3.63, 3.8) is 0 Å². The Balaban J connectivity index is 1.62. The first-order valence-corrected chi connectivity index (χ1v) is 7.18. The second-order valence-electron chi connectivity index (χ2n) is 5.58. The van der Waals surface area contributed by atoms with Crippen LogP contribution >= 0.6 is 0 Å². The summed E-state index contributed by atoms with van der Waals surface area (Å²) < 4.78 is 0. The molecule has 1 heterocycles. The molecule has 88 valence electrons. The van der Waals surface area contributed by atoms with Gasteiger partial charge in [-0.1, -0.05) is 44.9 Å². The standard InChI is InChI=1S/C14H27N/c1-2-4-8-13(7-3-1)10-11-14-9-5-6-12-15-14/h13-15H,1-12H2. The fourth-order valence-corrected chi connectivity index (χ4v) is 3.26. The van der Waals surface area contributed by atoms with Crippen LogP contribution in [0.2, 0.25) is 0 Å². The molecule has 0 aromatic heterocycles. The van der Waals surface area contributed by atoms with Crippen LogP contribution in [0.1, 0.15) is 70.6 Å². The monoisotopic (exact) mass is 209 g/mol. The molecule has 2 aliphatic rings. The van der Waals surface area contributed by atoms with E-state index in [-0.39, 0.29) is 0 Å². The van der Waals surface area contributed by atoms with Crippen LogP contribution in [0.5, 0.6) is 0 Å². The van der Waals surface area contributed by atoms with E-state index < -0.39 is 0 Å². The molecule has 15 heavy (non-hydrogen) atoms. The summed E-state index contributed by atoms with van der Waals surface area (Å²) >= 11 is 0. The predicted octanol–water partition coefficient (Wildman–Crippen LogP) is 3.88. The van der Waals surface area contributed by atoms with Crippen LogP contribution in [-0.2, 0) is 0 Å². The molecular weight excluding hydrogens is 182 g/mol. The molecule has 1 saturated carbocycles. The maximum Gasteiger partial charge on any atom is 0.00671 e. The number of hydrogen-bond donors (Lipinski definition) is 1. The molecule has 1 heteroatoms. The average Bonchev–Trinajstić information content (AvgIpc) is 2.56. The Morgan fingerprint density at radius 2 is 1.47 bits per heavy atom. The first-order valence-electron chi connectivity index (χ1n) is 7.18. The fraction of sp³-hybridized carbons (Fsp3) is 1.00. The van der Waals surface area contributed by atoms with Crippen LogP contribution in [0.25, 0.3) is 0 Å². The minimum Gasteiger partial charge on any atom is -0.314 e. The molecule has 2 rings (SSSR count). The highest BCUT2D eigenvalue weighted by molar-refractivity contribution is 4.74. The van der Waals surface area contributed by atoms with E-state index in [1.54, 1.807) is 0 Å². The third-order valence-electron chi connectivity index (χ3n) is 4.31. The molecule has 1 N–H and O–H groups in total. The quantitative estimate of drug-likeness (QED) is 0.696. The predicted molar refractivity (Wildman–Crippen MR) is 66.1 cm³/mol. The molecule has 1 aliphatic heterocycles. The van der Waals surface area contributed by atoms with E-state index in [2.05, 4.69) is 5.32 Å². The Bertz CT molecular complexity index is 153. The summed E-state index contributed by atoms with van der Waals surface area (Å²) in [4.78, 5) is 0. The van der Waals surface area contributed by atoms with Crippen molar-refractivity contribution >= 4 is 0 Å². The molecule has 0 aromatic rings. The van der Waals surface area contributed by atoms with Crippen LogP contribution in [0.3, 0.4) is 0 Å². The zero-order chi connectivity index (χ0) is 10.3. The van der Waals surface area contributed by atoms with Crippen molar-refractivity contribution in [2.45, 2.75) is 76.7 Å². The normalized spacial score (nSPS) is 30.0. The third-order valence-corrected chi connectivity index (χ3v) is 4.31. The molecule has 1 atom stereocenters. The summed E-state index contributed by atoms with van der Waals surface area (Å²) in [7, 11) is 0. The van der Waals surface area contributed by atoms with Crippen molar-refractivity contribution < 1.29 is 0 Å². The Morgan fingerprint density at radius 3 is 2.13 bits per heavy atom. The van der Waals surface area contributed by atoms with Crippen molar-refractivity contribution in [1.29, 1.82) is 0 Å². The van der Waals surface area contributed by atoms with Crippen LogP contribution < -0.4 is 5.32 Å². The van der Waals surface area contributed by atoms with Gasteiger partial charge in [0.1, 0.15) is 0 Å². The van der Waals surface area contributed by atoms with E-state index in [4.69, 9.17) is 0 Å². The van der Waals surface area contributed by atoms with Gasteiger partial charge >= 0.3 is 0 Å². The maximum atomic E-state index is 3.67. The van der Waals surface area contributed by atoms with Crippen molar-refractivity contribution in [2.75, 3.05) is 6.54 Å². The summed E-state index contributed by atoms with van der Waals surface area (Å²) in [5.74, 6) is 1.07. The first-order chi connectivity index (χ1) is 7.45. The molecule has 1 saturated heterocycles. The molecule has 0 radical (unpaired) electrons. The molecule has 0 amide bonds. The lowest BCUT2D eigenvalue weighted by Gasteiger charge is -2.25. The van der Waals surface area contributed by atoms with Gasteiger partial charge < -0.3 is 5.32 Å². The van der Waals surface area contributed by atoms with Crippen LogP contribution in [0.4, 0.5) is 0 Å². The van der Waals surface area contributed by atoms with Crippen molar-refractivity contribution in [1.82, 2.24) is 5.32 Å². The van der Waals surface area contributed by atoms with Gasteiger partial charge in [0, 0.05) is 6.04 Å². The highest BCUT2D eigenvalue weighted by atomic mass is 14.9. The summed E-state index contributed by atoms with van der Waals surface area (Å²) in [6.45, 7) is 1.27. The minimum absolute atomic E-state index is 0.863. The van der Waals surface area contributed by atoms with Crippen molar-refractivity contribution in [3.8, 4) is 0 Å². The van der Waals surface area contributed by atoms with E-state index in [1.807, 2.05) is 0 Å². The van der Waals surface area contributed by atoms with Gasteiger partial charge in [-0.05, 0) is 38.1 Å². The van der Waals surface area contributed by atoms with E-state index in [0.717, 1.165) is 12.0 Å². The van der Waals surface area contributed by atoms with Crippen molar-refractivity contribution in [3.05, 3.63) is 0 Å². The highest BCUT2D eigenvalue weighted by Crippen LogP contribution is 2.27. The summed E-state index contributed by atoms with van der Waals surface area (Å²) in [5.41, 5.74) is 0. The van der Waals surface area contributed by atoms with Crippen LogP contribution in [0, 0.1) is 5.92 Å². The molecule has 1 unspecified atom stereocenters. The second kappa shape index (κ2) is 6.52. The van der Waals surface area contributed by atoms with Gasteiger partial charge in [0.05, 0.1) is 0 Å². The molecule has 0 spiro atoms. The zero-order valence-corrected chi connectivity index (χ0v) is 10.1. The van der Waals surface area contributed by atoms with E-state index in [0.29, 0.717) is 0 Å². The summed E-state index contributed by atoms with van der Waals surface area (Å²) in [6, 6.07) is 0.863. The third kappa shape index (κ3) is 4.14. The molecular formula is C14H27N. The van der Waals surface area contributed by atoms with E-state index in [1.165, 1.54) is 77.2 Å². The number of hydrogen-bond acceptors (Lipinski definition) is 1. The molecule has 0 aromatic carbocycles. The Kier molecular flexibility index (Phi) is 4.98. The summed E-state index contributed by atoms with van der Waals surface area (Å²) in [6.07, 6.45) is 16.3. The van der Waals surface area contributed by atoms with Gasteiger partial charge in [0.15, 0.2) is 0 Å². The van der Waals surface area contributed by atoms with Gasteiger partial charge in [-0.15, -0.1) is 0 Å². The molecule has 0 bridgehead atoms. The van der Waals surface area contributed by atoms with Crippen LogP contribution in [-0.4, -0.2) is 12.6 Å². The van der Waals surface area contributed by atoms with E-state index in [9.17, 15) is 0 Å². The SMILES string of the molecule is C1CCCC(CCC2CCCCN2)CC1. The topological polar surface area (TPSA) is 12.0 Å². The van der Waals surface area contributed by atoms with Gasteiger partial charge in [-0.25, -0.2) is 0 Å². The Labute approximate surface area is 95.0 Å². The number of piperidine rings is 1. The minimum atomic E-state index is 0.863. The smallest absolute Gasteiger partial charge is 0.00671 e. The molecule has 1 aliphatic carbocycles. The fourth-order valence-electron chi connectivity index (χ4n) is 3.26. The molecule has 2 fully saturated rings. The Morgan fingerprint density at radius 1 is 0.733 bits per heavy atom. The Hall–Kier alpha value is -0.0400. The van der Waals surface area contributed by atoms with E-state index >= 15 is 0 Å². The van der Waals surface area contributed by atoms with Crippen LogP contribution in [0.15, 0.2) is 0 Å². The highest BCUT2D eigenvalue weighted by Gasteiger charge is 2.16. The second-order valence-corrected chi connectivity index (χ2v) is 5.58. The maximum absolute atomic E-state index is 3.67. The van der Waals surface area contributed by atoms with Gasteiger partial charge in [-0.2, -0.15) is 0 Å². The van der Waals surface area contributed by atoms with Crippen molar-refractivity contribution in [2.24, 2.45) is 5.92 Å².